The topological polar surface area (TPSA) is 48.4 Å². The molecule has 1 unspecified atom stereocenters. The minimum atomic E-state index is -0.569. The van der Waals surface area contributed by atoms with Gasteiger partial charge in [0.1, 0.15) is 11.9 Å². The average molecular weight is 369 g/mol. The Hall–Kier alpha value is -2.50. The maximum atomic E-state index is 14.3. The molecule has 0 spiro atoms. The van der Waals surface area contributed by atoms with Crippen molar-refractivity contribution < 1.29 is 9.13 Å². The summed E-state index contributed by atoms with van der Waals surface area (Å²) in [6, 6.07) is 17.0. The van der Waals surface area contributed by atoms with Crippen molar-refractivity contribution in [2.75, 3.05) is 33.8 Å². The highest BCUT2D eigenvalue weighted by molar-refractivity contribution is 5.69. The van der Waals surface area contributed by atoms with E-state index in [-0.39, 0.29) is 5.82 Å². The molecule has 0 saturated carbocycles. The zero-order valence-electron chi connectivity index (χ0n) is 16.0. The molecule has 0 aliphatic heterocycles. The van der Waals surface area contributed by atoms with E-state index in [1.165, 1.54) is 17.8 Å². The van der Waals surface area contributed by atoms with Crippen molar-refractivity contribution in [1.29, 1.82) is 5.41 Å². The van der Waals surface area contributed by atoms with Gasteiger partial charge < -0.3 is 20.4 Å². The number of benzene rings is 2. The van der Waals surface area contributed by atoms with Crippen molar-refractivity contribution in [3.05, 3.63) is 83.3 Å². The van der Waals surface area contributed by atoms with Crippen LogP contribution in [0.5, 0.6) is 0 Å². The first kappa shape index (κ1) is 20.8. The minimum absolute atomic E-state index is 0.314. The van der Waals surface area contributed by atoms with E-state index in [0.717, 1.165) is 19.5 Å². The number of hydrogen-bond acceptors (Lipinski definition) is 4. The summed E-state index contributed by atoms with van der Waals surface area (Å²) in [5.41, 5.74) is 2.43. The highest BCUT2D eigenvalue weighted by atomic mass is 19.1. The van der Waals surface area contributed by atoms with Crippen LogP contribution in [0.25, 0.3) is 0 Å². The van der Waals surface area contributed by atoms with E-state index in [9.17, 15) is 4.39 Å². The van der Waals surface area contributed by atoms with E-state index in [1.807, 2.05) is 18.2 Å². The van der Waals surface area contributed by atoms with Crippen LogP contribution < -0.4 is 5.32 Å². The summed E-state index contributed by atoms with van der Waals surface area (Å²) in [5.74, 6) is -0.314. The van der Waals surface area contributed by atoms with Gasteiger partial charge in [0.05, 0.1) is 6.61 Å². The van der Waals surface area contributed by atoms with Gasteiger partial charge in [-0.2, -0.15) is 0 Å². The molecular weight excluding hydrogens is 341 g/mol. The van der Waals surface area contributed by atoms with Gasteiger partial charge in [0.25, 0.3) is 0 Å². The van der Waals surface area contributed by atoms with E-state index in [2.05, 4.69) is 29.4 Å². The van der Waals surface area contributed by atoms with Crippen molar-refractivity contribution >= 4 is 6.21 Å². The van der Waals surface area contributed by atoms with Crippen LogP contribution >= 0.6 is 0 Å². The largest absolute Gasteiger partial charge is 0.389 e. The maximum absolute atomic E-state index is 14.3. The Morgan fingerprint density at radius 3 is 2.52 bits per heavy atom. The predicted octanol–water partition coefficient (Wildman–Crippen LogP) is 3.81. The van der Waals surface area contributed by atoms with Crippen LogP contribution in [0.3, 0.4) is 0 Å². The molecule has 0 amide bonds. The van der Waals surface area contributed by atoms with Crippen molar-refractivity contribution in [2.45, 2.75) is 12.5 Å². The average Bonchev–Trinajstić information content (AvgIpc) is 2.70. The summed E-state index contributed by atoms with van der Waals surface area (Å²) in [7, 11) is 3.80. The molecule has 0 aliphatic carbocycles. The Morgan fingerprint density at radius 1 is 1.15 bits per heavy atom. The van der Waals surface area contributed by atoms with Crippen molar-refractivity contribution in [3.8, 4) is 0 Å². The van der Waals surface area contributed by atoms with Gasteiger partial charge in [-0.3, -0.25) is 0 Å². The molecule has 27 heavy (non-hydrogen) atoms. The first-order chi connectivity index (χ1) is 13.2. The molecule has 0 heterocycles. The van der Waals surface area contributed by atoms with Crippen molar-refractivity contribution in [2.24, 2.45) is 0 Å². The molecular formula is C22H28FN3O. The van der Waals surface area contributed by atoms with Crippen molar-refractivity contribution in [3.63, 3.8) is 0 Å². The number of hydrogen-bond donors (Lipinski definition) is 2. The van der Waals surface area contributed by atoms with E-state index >= 15 is 0 Å². The van der Waals surface area contributed by atoms with Crippen LogP contribution in [0.15, 0.2) is 66.4 Å². The highest BCUT2D eigenvalue weighted by Gasteiger charge is 2.20. The Bertz CT molecular complexity index is 733. The van der Waals surface area contributed by atoms with E-state index in [1.54, 1.807) is 31.3 Å². The monoisotopic (exact) mass is 369 g/mol. The fraction of sp³-hybridized carbons (Fsp3) is 0.318. The van der Waals surface area contributed by atoms with Crippen LogP contribution in [0.1, 0.15) is 17.2 Å². The lowest BCUT2D eigenvalue weighted by Crippen LogP contribution is -2.27. The minimum Gasteiger partial charge on any atom is -0.389 e. The van der Waals surface area contributed by atoms with Crippen molar-refractivity contribution in [1.82, 2.24) is 10.2 Å². The second-order valence-electron chi connectivity index (χ2n) is 6.35. The third kappa shape index (κ3) is 6.62. The van der Waals surface area contributed by atoms with Crippen LogP contribution in [-0.2, 0) is 11.2 Å². The third-order valence-corrected chi connectivity index (χ3v) is 4.40. The lowest BCUT2D eigenvalue weighted by atomic mass is 10.1. The Balaban J connectivity index is 1.94. The van der Waals surface area contributed by atoms with Crippen LogP contribution in [0.4, 0.5) is 4.39 Å². The fourth-order valence-electron chi connectivity index (χ4n) is 2.83. The molecule has 0 aromatic heterocycles. The molecule has 2 aromatic carbocycles. The molecule has 1 atom stereocenters. The zero-order valence-corrected chi connectivity index (χ0v) is 16.0. The molecule has 0 bridgehead atoms. The number of allylic oxidation sites excluding steroid dienone is 1. The molecule has 4 nitrogen and oxygen atoms in total. The van der Waals surface area contributed by atoms with Gasteiger partial charge in [0.2, 0.25) is 0 Å². The lowest BCUT2D eigenvalue weighted by molar-refractivity contribution is 0.0572. The van der Waals surface area contributed by atoms with Gasteiger partial charge in [-0.1, -0.05) is 48.5 Å². The Kier molecular flexibility index (Phi) is 8.68. The quantitative estimate of drug-likeness (QED) is 0.592. The van der Waals surface area contributed by atoms with Crippen LogP contribution in [-0.4, -0.2) is 44.9 Å². The normalized spacial score (nSPS) is 12.8. The van der Waals surface area contributed by atoms with E-state index in [4.69, 9.17) is 10.1 Å². The SMILES string of the molecule is CN/C(=C\C=N)C(OCCN(C)CCc1ccccc1)c1ccccc1F. The van der Waals surface area contributed by atoms with Gasteiger partial charge in [-0.05, 0) is 31.2 Å². The Labute approximate surface area is 161 Å². The first-order valence-corrected chi connectivity index (χ1v) is 9.12. The van der Waals surface area contributed by atoms with Gasteiger partial charge >= 0.3 is 0 Å². The summed E-state index contributed by atoms with van der Waals surface area (Å²) in [5, 5.41) is 10.3. The molecule has 2 aromatic rings. The summed E-state index contributed by atoms with van der Waals surface area (Å²) in [4.78, 5) is 2.20. The number of ether oxygens (including phenoxy) is 1. The van der Waals surface area contributed by atoms with Crippen LogP contribution in [0.2, 0.25) is 0 Å². The van der Waals surface area contributed by atoms with E-state index < -0.39 is 6.10 Å². The molecule has 2 rings (SSSR count). The zero-order chi connectivity index (χ0) is 19.5. The second kappa shape index (κ2) is 11.3. The van der Waals surface area contributed by atoms with Gasteiger partial charge in [0, 0.05) is 37.6 Å². The van der Waals surface area contributed by atoms with Gasteiger partial charge in [0.15, 0.2) is 0 Å². The smallest absolute Gasteiger partial charge is 0.129 e. The highest BCUT2D eigenvalue weighted by Crippen LogP contribution is 2.26. The van der Waals surface area contributed by atoms with E-state index in [0.29, 0.717) is 17.9 Å². The molecule has 0 aliphatic rings. The number of nitrogens with one attached hydrogen (secondary N) is 2. The number of rotatable bonds is 11. The number of likely N-dealkylation sites (N-methyl/N-ethyl adjacent to an activating group) is 2. The molecule has 0 radical (unpaired) electrons. The predicted molar refractivity (Wildman–Crippen MR) is 109 cm³/mol. The van der Waals surface area contributed by atoms with Crippen LogP contribution in [0, 0.1) is 11.2 Å². The molecule has 0 fully saturated rings. The molecule has 144 valence electrons. The van der Waals surface area contributed by atoms with Gasteiger partial charge in [-0.25, -0.2) is 4.39 Å². The number of nitrogens with zero attached hydrogens (tertiary/aromatic N) is 1. The second-order valence-corrected chi connectivity index (χ2v) is 6.35. The third-order valence-electron chi connectivity index (χ3n) is 4.40. The standard InChI is InChI=1S/C22H28FN3O/c1-25-21(12-14-24)22(19-10-6-7-11-20(19)23)27-17-16-26(2)15-13-18-8-4-3-5-9-18/h3-12,14,22,24-25H,13,15-17H2,1-2H3/b21-12-,24-14?. The molecule has 2 N–H and O–H groups in total. The summed E-state index contributed by atoms with van der Waals surface area (Å²) >= 11 is 0. The summed E-state index contributed by atoms with van der Waals surface area (Å²) in [6.45, 7) is 2.12. The molecule has 0 saturated heterocycles. The summed E-state index contributed by atoms with van der Waals surface area (Å²) < 4.78 is 20.3. The summed E-state index contributed by atoms with van der Waals surface area (Å²) in [6.07, 6.45) is 3.18. The number of halogens is 1. The fourth-order valence-corrected chi connectivity index (χ4v) is 2.83. The van der Waals surface area contributed by atoms with Gasteiger partial charge in [-0.15, -0.1) is 0 Å². The lowest BCUT2D eigenvalue weighted by Gasteiger charge is -2.24. The Morgan fingerprint density at radius 2 is 1.85 bits per heavy atom. The first-order valence-electron chi connectivity index (χ1n) is 9.12. The maximum Gasteiger partial charge on any atom is 0.129 e. The molecule has 5 heteroatoms.